The van der Waals surface area contributed by atoms with Gasteiger partial charge in [-0.1, -0.05) is 28.4 Å². The van der Waals surface area contributed by atoms with E-state index in [0.29, 0.717) is 15.7 Å². The second-order valence-electron chi connectivity index (χ2n) is 3.56. The summed E-state index contributed by atoms with van der Waals surface area (Å²) in [5.41, 5.74) is 0.787. The van der Waals surface area contributed by atoms with Gasteiger partial charge in [0.2, 0.25) is 5.88 Å². The minimum Gasteiger partial charge on any atom is -0.477 e. The van der Waals surface area contributed by atoms with Gasteiger partial charge in [-0.15, -0.1) is 0 Å². The predicted molar refractivity (Wildman–Crippen MR) is 67.9 cm³/mol. The third-order valence-corrected chi connectivity index (χ3v) is 2.63. The summed E-state index contributed by atoms with van der Waals surface area (Å²) in [6.07, 6.45) is 0. The van der Waals surface area contributed by atoms with Gasteiger partial charge in [0, 0.05) is 15.7 Å². The normalized spacial score (nSPS) is 10.4. The third kappa shape index (κ3) is 2.57. The van der Waals surface area contributed by atoms with Crippen molar-refractivity contribution in [2.75, 3.05) is 5.32 Å². The Morgan fingerprint density at radius 2 is 1.94 bits per heavy atom. The van der Waals surface area contributed by atoms with Gasteiger partial charge in [-0.25, -0.2) is 4.79 Å². The van der Waals surface area contributed by atoms with Gasteiger partial charge < -0.3 is 14.9 Å². The summed E-state index contributed by atoms with van der Waals surface area (Å²) in [5, 5.41) is 16.3. The summed E-state index contributed by atoms with van der Waals surface area (Å²) >= 11 is 11.7. The molecule has 0 atom stereocenters. The Balaban J connectivity index is 2.37. The molecule has 1 heterocycles. The maximum Gasteiger partial charge on any atom is 0.343 e. The van der Waals surface area contributed by atoms with Gasteiger partial charge in [-0.3, -0.25) is 0 Å². The number of nitrogens with zero attached hydrogens (tertiary/aromatic N) is 1. The molecule has 18 heavy (non-hydrogen) atoms. The molecule has 0 amide bonds. The van der Waals surface area contributed by atoms with E-state index >= 15 is 0 Å². The van der Waals surface area contributed by atoms with Crippen molar-refractivity contribution in [3.63, 3.8) is 0 Å². The second-order valence-corrected chi connectivity index (χ2v) is 4.43. The summed E-state index contributed by atoms with van der Waals surface area (Å²) < 4.78 is 4.91. The van der Waals surface area contributed by atoms with Crippen LogP contribution in [0.2, 0.25) is 10.0 Å². The molecule has 5 nitrogen and oxygen atoms in total. The fourth-order valence-corrected chi connectivity index (χ4v) is 1.99. The SMILES string of the molecule is Cc1noc(Nc2cc(Cl)cc(Cl)c2)c1C(=O)O. The van der Waals surface area contributed by atoms with E-state index in [0.717, 1.165) is 0 Å². The van der Waals surface area contributed by atoms with E-state index in [4.69, 9.17) is 32.8 Å². The average molecular weight is 287 g/mol. The number of hydrogen-bond acceptors (Lipinski definition) is 4. The Morgan fingerprint density at radius 3 is 2.50 bits per heavy atom. The molecular formula is C11H8Cl2N2O3. The van der Waals surface area contributed by atoms with E-state index in [9.17, 15) is 4.79 Å². The molecule has 0 aliphatic carbocycles. The Labute approximate surface area is 112 Å². The molecule has 0 aliphatic heterocycles. The number of nitrogens with one attached hydrogen (secondary N) is 1. The number of anilines is 2. The van der Waals surface area contributed by atoms with Gasteiger partial charge in [0.25, 0.3) is 0 Å². The molecular weight excluding hydrogens is 279 g/mol. The lowest BCUT2D eigenvalue weighted by atomic mass is 10.2. The molecule has 94 valence electrons. The van der Waals surface area contributed by atoms with E-state index in [2.05, 4.69) is 10.5 Å². The van der Waals surface area contributed by atoms with E-state index in [1.807, 2.05) is 0 Å². The number of carboxylic acid groups (broad SMARTS) is 1. The summed E-state index contributed by atoms with van der Waals surface area (Å²) in [6, 6.07) is 4.76. The van der Waals surface area contributed by atoms with E-state index in [1.54, 1.807) is 25.1 Å². The minimum atomic E-state index is -1.12. The first kappa shape index (κ1) is 12.7. The molecule has 2 N–H and O–H groups in total. The third-order valence-electron chi connectivity index (χ3n) is 2.20. The molecule has 1 aromatic carbocycles. The van der Waals surface area contributed by atoms with Crippen molar-refractivity contribution < 1.29 is 14.4 Å². The highest BCUT2D eigenvalue weighted by Gasteiger charge is 2.19. The fraction of sp³-hybridized carbons (Fsp3) is 0.0909. The molecule has 0 fully saturated rings. The monoisotopic (exact) mass is 286 g/mol. The lowest BCUT2D eigenvalue weighted by molar-refractivity contribution is 0.0697. The van der Waals surface area contributed by atoms with Crippen LogP contribution >= 0.6 is 23.2 Å². The molecule has 0 spiro atoms. The van der Waals surface area contributed by atoms with Crippen LogP contribution < -0.4 is 5.32 Å². The van der Waals surface area contributed by atoms with Crippen LogP contribution in [0, 0.1) is 6.92 Å². The van der Waals surface area contributed by atoms with Crippen molar-refractivity contribution >= 4 is 40.7 Å². The Bertz CT molecular complexity index is 590. The largest absolute Gasteiger partial charge is 0.477 e. The van der Waals surface area contributed by atoms with E-state index in [1.165, 1.54) is 0 Å². The zero-order chi connectivity index (χ0) is 13.3. The highest BCUT2D eigenvalue weighted by molar-refractivity contribution is 6.35. The summed E-state index contributed by atoms with van der Waals surface area (Å²) in [4.78, 5) is 11.0. The van der Waals surface area contributed by atoms with Gasteiger partial charge in [0.1, 0.15) is 5.56 Å². The number of hydrogen-bond donors (Lipinski definition) is 2. The Kier molecular flexibility index (Phi) is 3.45. The number of carboxylic acids is 1. The van der Waals surface area contributed by atoms with Crippen molar-refractivity contribution in [1.29, 1.82) is 0 Å². The highest BCUT2D eigenvalue weighted by Crippen LogP contribution is 2.28. The van der Waals surface area contributed by atoms with Crippen molar-refractivity contribution in [3.8, 4) is 0 Å². The molecule has 7 heteroatoms. The zero-order valence-electron chi connectivity index (χ0n) is 9.20. The maximum atomic E-state index is 11.0. The van der Waals surface area contributed by atoms with Crippen molar-refractivity contribution in [3.05, 3.63) is 39.5 Å². The number of aromatic carboxylic acids is 1. The number of benzene rings is 1. The van der Waals surface area contributed by atoms with Crippen LogP contribution in [-0.2, 0) is 0 Å². The van der Waals surface area contributed by atoms with Crippen LogP contribution in [0.15, 0.2) is 22.7 Å². The molecule has 0 bridgehead atoms. The predicted octanol–water partition coefficient (Wildman–Crippen LogP) is 3.73. The van der Waals surface area contributed by atoms with Crippen molar-refractivity contribution in [1.82, 2.24) is 5.16 Å². The summed E-state index contributed by atoms with van der Waals surface area (Å²) in [7, 11) is 0. The molecule has 0 radical (unpaired) electrons. The Hall–Kier alpha value is -1.72. The number of rotatable bonds is 3. The number of halogens is 2. The molecule has 2 aromatic rings. The van der Waals surface area contributed by atoms with Crippen LogP contribution in [0.4, 0.5) is 11.6 Å². The molecule has 0 aliphatic rings. The molecule has 1 aromatic heterocycles. The zero-order valence-corrected chi connectivity index (χ0v) is 10.7. The molecule has 0 unspecified atom stereocenters. The Morgan fingerprint density at radius 1 is 1.33 bits per heavy atom. The molecule has 0 saturated carbocycles. The number of carbonyl (C=O) groups is 1. The lowest BCUT2D eigenvalue weighted by Gasteiger charge is -2.04. The highest BCUT2D eigenvalue weighted by atomic mass is 35.5. The van der Waals surface area contributed by atoms with E-state index in [-0.39, 0.29) is 17.1 Å². The van der Waals surface area contributed by atoms with Crippen LogP contribution in [0.5, 0.6) is 0 Å². The topological polar surface area (TPSA) is 75.4 Å². The number of aryl methyl sites for hydroxylation is 1. The summed E-state index contributed by atoms with van der Waals surface area (Å²) in [6.45, 7) is 1.54. The van der Waals surface area contributed by atoms with Crippen LogP contribution in [0.1, 0.15) is 16.1 Å². The van der Waals surface area contributed by atoms with Crippen molar-refractivity contribution in [2.45, 2.75) is 6.92 Å². The van der Waals surface area contributed by atoms with Crippen molar-refractivity contribution in [2.24, 2.45) is 0 Å². The van der Waals surface area contributed by atoms with Gasteiger partial charge in [-0.2, -0.15) is 0 Å². The van der Waals surface area contributed by atoms with Crippen LogP contribution in [0.3, 0.4) is 0 Å². The molecule has 2 rings (SSSR count). The average Bonchev–Trinajstić information content (AvgIpc) is 2.57. The van der Waals surface area contributed by atoms with E-state index < -0.39 is 5.97 Å². The fourth-order valence-electron chi connectivity index (χ4n) is 1.46. The molecule has 0 saturated heterocycles. The first-order valence-electron chi connectivity index (χ1n) is 4.90. The van der Waals surface area contributed by atoms with Gasteiger partial charge in [0.05, 0.1) is 5.69 Å². The standard InChI is InChI=1S/C11H8Cl2N2O3/c1-5-9(11(16)17)10(18-15-5)14-8-3-6(12)2-7(13)4-8/h2-4,14H,1H3,(H,16,17). The van der Waals surface area contributed by atoms with Crippen LogP contribution in [-0.4, -0.2) is 16.2 Å². The quantitative estimate of drug-likeness (QED) is 0.899. The van der Waals surface area contributed by atoms with Gasteiger partial charge in [0.15, 0.2) is 0 Å². The number of aromatic nitrogens is 1. The van der Waals surface area contributed by atoms with Gasteiger partial charge >= 0.3 is 5.97 Å². The van der Waals surface area contributed by atoms with Crippen LogP contribution in [0.25, 0.3) is 0 Å². The first-order chi connectivity index (χ1) is 8.47. The van der Waals surface area contributed by atoms with Gasteiger partial charge in [-0.05, 0) is 25.1 Å². The minimum absolute atomic E-state index is 0.0221. The first-order valence-corrected chi connectivity index (χ1v) is 5.65. The lowest BCUT2D eigenvalue weighted by Crippen LogP contribution is -2.01. The maximum absolute atomic E-state index is 11.0. The summed E-state index contributed by atoms with van der Waals surface area (Å²) in [5.74, 6) is -1.08. The smallest absolute Gasteiger partial charge is 0.343 e. The second kappa shape index (κ2) is 4.88.